The minimum atomic E-state index is -1.18. The lowest BCUT2D eigenvalue weighted by molar-refractivity contribution is -0.140. The number of carboxylic acids is 7. The van der Waals surface area contributed by atoms with Gasteiger partial charge >= 0.3 is 41.8 Å². The van der Waals surface area contributed by atoms with E-state index >= 15 is 0 Å². The number of guanidine groups is 2. The number of phenols is 1. The Labute approximate surface area is 399 Å². The Balaban J connectivity index is -0.000000361. The number of phenolic OH excluding ortho intramolecular Hbond substituents is 1. The number of nitrogens with one attached hydrogen (secondary N) is 6. The maximum atomic E-state index is 10.4. The standard InChI is InChI=1S/C9H11NO3.2C6H14N4O2.C6H13NO2.2C5H9NO2.C3H7NO3/c10-8(9(12)13)5-6-1-3-7(11)4-2-6;2*7-4(5(11)12)2-1-3-10-6(8)9;1-4(2)3-5(7)6(8)9;2*7-5(8)4-2-1-3-6-4;4-2(1-5)3(6)7/h1-4,8,11H,5,10H2,(H,12,13);2*4H,1-3,7H2,(H,11,12)(H4,8,9,10);4-5H,3,7H2,1-2H3,(H,8,9);2*4,6H,1-3H2,(H,7,8);2,5H,1,4H2,(H,6,7)/t;;;;2*4-;/m....00./s1. The van der Waals surface area contributed by atoms with Crippen LogP contribution in [0.3, 0.4) is 0 Å². The maximum Gasteiger partial charge on any atom is 0.322 e. The lowest BCUT2D eigenvalue weighted by atomic mass is 10.1. The molecule has 29 N–H and O–H groups in total. The molecule has 0 spiro atoms. The highest BCUT2D eigenvalue weighted by atomic mass is 16.4. The molecular weight excluding hydrogens is 919 g/mol. The average Bonchev–Trinajstić information content (AvgIpc) is 4.02. The Hall–Kier alpha value is -6.47. The third-order valence-corrected chi connectivity index (χ3v) is 8.63. The molecule has 3 rings (SSSR count). The molecule has 0 radical (unpaired) electrons. The van der Waals surface area contributed by atoms with Crippen molar-refractivity contribution in [1.82, 2.24) is 21.3 Å². The molecule has 0 bridgehead atoms. The van der Waals surface area contributed by atoms with Crippen molar-refractivity contribution in [2.75, 3.05) is 32.8 Å². The second-order valence-corrected chi connectivity index (χ2v) is 15.3. The number of aliphatic carboxylic acids is 7. The van der Waals surface area contributed by atoms with Crippen LogP contribution in [0.15, 0.2) is 24.3 Å². The number of aliphatic hydroxyl groups is 1. The Morgan fingerprint density at radius 1 is 0.609 bits per heavy atom. The summed E-state index contributed by atoms with van der Waals surface area (Å²) in [5, 5.41) is 99.5. The number of carboxylic acid groups (broad SMARTS) is 7. The summed E-state index contributed by atoms with van der Waals surface area (Å²) in [6, 6.07) is 1.43. The third kappa shape index (κ3) is 45.1. The Kier molecular flexibility index (Phi) is 41.8. The van der Waals surface area contributed by atoms with Gasteiger partial charge in [0.2, 0.25) is 0 Å². The van der Waals surface area contributed by atoms with Crippen molar-refractivity contribution in [3.8, 4) is 5.75 Å². The van der Waals surface area contributed by atoms with E-state index in [1.54, 1.807) is 12.1 Å². The van der Waals surface area contributed by atoms with Gasteiger partial charge in [0.25, 0.3) is 0 Å². The summed E-state index contributed by atoms with van der Waals surface area (Å²) in [7, 11) is 0. The summed E-state index contributed by atoms with van der Waals surface area (Å²) in [6.45, 7) is 6.07. The molecule has 0 aromatic heterocycles. The molecule has 2 aliphatic heterocycles. The molecule has 7 atom stereocenters. The first kappa shape index (κ1) is 69.1. The zero-order chi connectivity index (χ0) is 54.2. The molecule has 29 heteroatoms. The van der Waals surface area contributed by atoms with E-state index in [-0.39, 0.29) is 36.2 Å². The van der Waals surface area contributed by atoms with Crippen LogP contribution in [-0.4, -0.2) is 175 Å². The normalized spacial score (nSPS) is 16.2. The molecule has 2 aliphatic rings. The van der Waals surface area contributed by atoms with Crippen molar-refractivity contribution in [1.29, 1.82) is 10.8 Å². The van der Waals surface area contributed by atoms with Crippen LogP contribution >= 0.6 is 0 Å². The van der Waals surface area contributed by atoms with E-state index in [0.717, 1.165) is 44.3 Å². The molecule has 1 aromatic rings. The molecule has 0 aliphatic carbocycles. The number of nitrogens with two attached hydrogens (primary N) is 7. The fourth-order valence-corrected chi connectivity index (χ4v) is 4.79. The fourth-order valence-electron chi connectivity index (χ4n) is 4.79. The molecule has 2 heterocycles. The summed E-state index contributed by atoms with van der Waals surface area (Å²) >= 11 is 0. The van der Waals surface area contributed by atoms with Gasteiger partial charge in [-0.25, -0.2) is 0 Å². The highest BCUT2D eigenvalue weighted by molar-refractivity contribution is 5.76. The molecule has 5 unspecified atom stereocenters. The van der Waals surface area contributed by atoms with Crippen LogP contribution < -0.4 is 61.4 Å². The predicted octanol–water partition coefficient (Wildman–Crippen LogP) is -3.85. The smallest absolute Gasteiger partial charge is 0.322 e. The lowest BCUT2D eigenvalue weighted by Gasteiger charge is -2.07. The molecule has 29 nitrogen and oxygen atoms in total. The van der Waals surface area contributed by atoms with Crippen LogP contribution in [0.4, 0.5) is 0 Å². The van der Waals surface area contributed by atoms with Gasteiger partial charge in [-0.1, -0.05) is 26.0 Å². The third-order valence-electron chi connectivity index (χ3n) is 8.63. The second-order valence-electron chi connectivity index (χ2n) is 15.3. The van der Waals surface area contributed by atoms with Crippen molar-refractivity contribution in [3.63, 3.8) is 0 Å². The number of hydrogen-bond donors (Lipinski definition) is 22. The largest absolute Gasteiger partial charge is 0.508 e. The van der Waals surface area contributed by atoms with Gasteiger partial charge < -0.3 is 107 Å². The van der Waals surface area contributed by atoms with E-state index < -0.39 is 78.6 Å². The van der Waals surface area contributed by atoms with Crippen molar-refractivity contribution >= 4 is 53.7 Å². The van der Waals surface area contributed by atoms with Crippen LogP contribution in [0.5, 0.6) is 5.75 Å². The van der Waals surface area contributed by atoms with Crippen LogP contribution in [0, 0.1) is 16.7 Å². The summed E-state index contributed by atoms with van der Waals surface area (Å²) in [4.78, 5) is 70.9. The molecule has 2 saturated heterocycles. The first-order valence-corrected chi connectivity index (χ1v) is 21.4. The number of carbonyl (C=O) groups is 7. The zero-order valence-corrected chi connectivity index (χ0v) is 39.0. The summed E-state index contributed by atoms with van der Waals surface area (Å²) < 4.78 is 0. The molecule has 0 amide bonds. The van der Waals surface area contributed by atoms with Crippen molar-refractivity contribution in [3.05, 3.63) is 29.8 Å². The van der Waals surface area contributed by atoms with Gasteiger partial charge in [-0.2, -0.15) is 0 Å². The minimum absolute atomic E-state index is 0.112. The van der Waals surface area contributed by atoms with Gasteiger partial charge in [0.15, 0.2) is 11.9 Å². The van der Waals surface area contributed by atoms with Gasteiger partial charge in [0.1, 0.15) is 48.0 Å². The summed E-state index contributed by atoms with van der Waals surface area (Å²) in [5.41, 5.74) is 36.5. The van der Waals surface area contributed by atoms with Crippen molar-refractivity contribution < 1.29 is 79.5 Å². The summed E-state index contributed by atoms with van der Waals surface area (Å²) in [5.74, 6) is -6.26. The Morgan fingerprint density at radius 2 is 0.957 bits per heavy atom. The number of rotatable bonds is 20. The lowest BCUT2D eigenvalue weighted by Crippen LogP contribution is -2.34. The van der Waals surface area contributed by atoms with E-state index in [0.29, 0.717) is 51.1 Å². The van der Waals surface area contributed by atoms with E-state index in [4.69, 9.17) is 96.9 Å². The fraction of sp³-hybridized carbons (Fsp3) is 0.625. The Bertz CT molecular complexity index is 1590. The quantitative estimate of drug-likeness (QED) is 0.0338. The number of benzene rings is 1. The number of aliphatic hydroxyl groups excluding tert-OH is 1. The highest BCUT2D eigenvalue weighted by Gasteiger charge is 2.21. The molecule has 398 valence electrons. The average molecular weight is 996 g/mol. The minimum Gasteiger partial charge on any atom is -0.508 e. The van der Waals surface area contributed by atoms with Crippen molar-refractivity contribution in [2.45, 2.75) is 120 Å². The topological polar surface area (TPSA) is 580 Å². The van der Waals surface area contributed by atoms with E-state index in [2.05, 4.69) is 21.3 Å². The predicted molar refractivity (Wildman–Crippen MR) is 252 cm³/mol. The van der Waals surface area contributed by atoms with Crippen LogP contribution in [-0.2, 0) is 40.0 Å². The molecular formula is C40H77N13O16. The monoisotopic (exact) mass is 996 g/mol. The van der Waals surface area contributed by atoms with Gasteiger partial charge in [-0.05, 0) is 101 Å². The van der Waals surface area contributed by atoms with Crippen molar-refractivity contribution in [2.24, 2.45) is 46.1 Å². The van der Waals surface area contributed by atoms with Crippen LogP contribution in [0.1, 0.15) is 77.2 Å². The molecule has 69 heavy (non-hydrogen) atoms. The first-order valence-electron chi connectivity index (χ1n) is 21.4. The number of aromatic hydroxyl groups is 1. The number of hydrogen-bond acceptors (Lipinski definition) is 18. The van der Waals surface area contributed by atoms with Gasteiger partial charge in [0, 0.05) is 13.1 Å². The highest BCUT2D eigenvalue weighted by Crippen LogP contribution is 2.11. The van der Waals surface area contributed by atoms with Crippen LogP contribution in [0.25, 0.3) is 0 Å². The van der Waals surface area contributed by atoms with Gasteiger partial charge in [0.05, 0.1) is 6.61 Å². The van der Waals surface area contributed by atoms with E-state index in [1.807, 2.05) is 13.8 Å². The SMILES string of the molecule is CC(C)CC(N)C(=O)O.N=C(N)NCCCC(N)C(=O)O.N=C(N)NCCCC(N)C(=O)O.NC(CO)C(=O)O.NC(Cc1ccc(O)cc1)C(=O)O.O=C(O)[C@@H]1CCCN1.O=C(O)[C@@H]1CCCN1. The molecule has 1 aromatic carbocycles. The maximum absolute atomic E-state index is 10.4. The van der Waals surface area contributed by atoms with E-state index in [1.165, 1.54) is 12.1 Å². The Morgan fingerprint density at radius 3 is 1.16 bits per heavy atom. The second kappa shape index (κ2) is 41.7. The van der Waals surface area contributed by atoms with E-state index in [9.17, 15) is 33.6 Å². The summed E-state index contributed by atoms with van der Waals surface area (Å²) in [6.07, 6.45) is 6.34. The molecule has 0 saturated carbocycles. The van der Waals surface area contributed by atoms with Gasteiger partial charge in [-0.15, -0.1) is 0 Å². The van der Waals surface area contributed by atoms with Gasteiger partial charge in [-0.3, -0.25) is 44.4 Å². The van der Waals surface area contributed by atoms with Crippen LogP contribution in [0.2, 0.25) is 0 Å². The zero-order valence-electron chi connectivity index (χ0n) is 39.0. The first-order chi connectivity index (χ1) is 32.0. The molecule has 2 fully saturated rings.